The third-order valence-electron chi connectivity index (χ3n) is 1.38. The largest absolute Gasteiger partial charge is 0.393 e. The van der Waals surface area contributed by atoms with Gasteiger partial charge in [0.15, 0.2) is 0 Å². The van der Waals surface area contributed by atoms with E-state index in [1.807, 2.05) is 6.92 Å². The normalized spacial score (nSPS) is 12.8. The van der Waals surface area contributed by atoms with Crippen LogP contribution < -0.4 is 5.73 Å². The number of thiocarbonyl (C=S) groups is 1. The van der Waals surface area contributed by atoms with E-state index in [0.29, 0.717) is 11.4 Å². The van der Waals surface area contributed by atoms with Crippen molar-refractivity contribution < 1.29 is 0 Å². The number of hydrogen-bond acceptors (Lipinski definition) is 3. The van der Waals surface area contributed by atoms with E-state index in [4.69, 9.17) is 18.0 Å². The maximum Gasteiger partial charge on any atom is 0.137 e. The zero-order valence-corrected chi connectivity index (χ0v) is 7.08. The van der Waals surface area contributed by atoms with Gasteiger partial charge in [0.05, 0.1) is 11.0 Å². The Morgan fingerprint density at radius 1 is 1.82 bits per heavy atom. The Hall–Kier alpha value is -0.970. The summed E-state index contributed by atoms with van der Waals surface area (Å²) in [6.07, 6.45) is 3.82. The predicted octanol–water partition coefficient (Wildman–Crippen LogP) is 0.515. The topological polar surface area (TPSA) is 56.7 Å². The molecule has 1 rings (SSSR count). The average molecular weight is 170 g/mol. The molecule has 0 fully saturated rings. The van der Waals surface area contributed by atoms with Gasteiger partial charge in [-0.1, -0.05) is 12.2 Å². The summed E-state index contributed by atoms with van der Waals surface area (Å²) in [5.41, 5.74) is 5.37. The molecule has 1 atom stereocenters. The predicted molar refractivity (Wildman–Crippen MR) is 46.1 cm³/mol. The SMILES string of the molecule is CC(CC(N)=S)n1cncn1. The van der Waals surface area contributed by atoms with Crippen LogP contribution >= 0.6 is 12.2 Å². The van der Waals surface area contributed by atoms with Gasteiger partial charge in [-0.3, -0.25) is 0 Å². The lowest BCUT2D eigenvalue weighted by Crippen LogP contribution is -2.15. The summed E-state index contributed by atoms with van der Waals surface area (Å²) in [6.45, 7) is 1.99. The molecule has 5 heteroatoms. The van der Waals surface area contributed by atoms with Crippen LogP contribution in [0.3, 0.4) is 0 Å². The van der Waals surface area contributed by atoms with Crippen molar-refractivity contribution in [3.05, 3.63) is 12.7 Å². The lowest BCUT2D eigenvalue weighted by Gasteiger charge is -2.08. The van der Waals surface area contributed by atoms with E-state index in [0.717, 1.165) is 0 Å². The lowest BCUT2D eigenvalue weighted by atomic mass is 10.2. The minimum absolute atomic E-state index is 0.204. The molecule has 0 aliphatic heterocycles. The molecule has 0 radical (unpaired) electrons. The van der Waals surface area contributed by atoms with Crippen LogP contribution in [0.4, 0.5) is 0 Å². The molecule has 0 saturated carbocycles. The first-order valence-corrected chi connectivity index (χ1v) is 3.73. The Labute approximate surface area is 70.4 Å². The molecule has 2 N–H and O–H groups in total. The quantitative estimate of drug-likeness (QED) is 0.672. The van der Waals surface area contributed by atoms with Gasteiger partial charge in [0.25, 0.3) is 0 Å². The second-order valence-corrected chi connectivity index (χ2v) is 2.92. The van der Waals surface area contributed by atoms with Crippen LogP contribution in [0, 0.1) is 0 Å². The van der Waals surface area contributed by atoms with Gasteiger partial charge in [-0.2, -0.15) is 5.10 Å². The van der Waals surface area contributed by atoms with Gasteiger partial charge >= 0.3 is 0 Å². The smallest absolute Gasteiger partial charge is 0.137 e. The van der Waals surface area contributed by atoms with Gasteiger partial charge in [0.1, 0.15) is 12.7 Å². The summed E-state index contributed by atoms with van der Waals surface area (Å²) >= 11 is 4.76. The fourth-order valence-corrected chi connectivity index (χ4v) is 1.07. The van der Waals surface area contributed by atoms with Crippen molar-refractivity contribution in [2.75, 3.05) is 0 Å². The maximum absolute atomic E-state index is 5.37. The molecule has 0 amide bonds. The molecule has 1 unspecified atom stereocenters. The second kappa shape index (κ2) is 3.43. The second-order valence-electron chi connectivity index (χ2n) is 2.39. The summed E-state index contributed by atoms with van der Waals surface area (Å²) in [5.74, 6) is 0. The Kier molecular flexibility index (Phi) is 2.53. The maximum atomic E-state index is 5.37. The summed E-state index contributed by atoms with van der Waals surface area (Å²) in [7, 11) is 0. The highest BCUT2D eigenvalue weighted by atomic mass is 32.1. The summed E-state index contributed by atoms with van der Waals surface area (Å²) in [6, 6.07) is 0.204. The van der Waals surface area contributed by atoms with E-state index in [-0.39, 0.29) is 6.04 Å². The first kappa shape index (κ1) is 8.13. The van der Waals surface area contributed by atoms with Crippen LogP contribution in [0.2, 0.25) is 0 Å². The molecular weight excluding hydrogens is 160 g/mol. The van der Waals surface area contributed by atoms with Crippen molar-refractivity contribution >= 4 is 17.2 Å². The molecule has 1 aromatic heterocycles. The fraction of sp³-hybridized carbons (Fsp3) is 0.500. The molecule has 11 heavy (non-hydrogen) atoms. The van der Waals surface area contributed by atoms with Crippen molar-refractivity contribution in [3.8, 4) is 0 Å². The van der Waals surface area contributed by atoms with Gasteiger partial charge in [0, 0.05) is 6.42 Å². The van der Waals surface area contributed by atoms with Gasteiger partial charge in [-0.05, 0) is 6.92 Å². The summed E-state index contributed by atoms with van der Waals surface area (Å²) in [4.78, 5) is 4.33. The first-order chi connectivity index (χ1) is 5.20. The Bertz CT molecular complexity index is 231. The molecule has 0 aliphatic rings. The number of hydrogen-bond donors (Lipinski definition) is 1. The molecule has 0 aromatic carbocycles. The fourth-order valence-electron chi connectivity index (χ4n) is 0.830. The van der Waals surface area contributed by atoms with E-state index in [2.05, 4.69) is 10.1 Å². The van der Waals surface area contributed by atoms with Gasteiger partial charge in [-0.15, -0.1) is 0 Å². The average Bonchev–Trinajstić information content (AvgIpc) is 2.35. The van der Waals surface area contributed by atoms with E-state index < -0.39 is 0 Å². The third-order valence-corrected chi connectivity index (χ3v) is 1.55. The van der Waals surface area contributed by atoms with E-state index in [1.54, 1.807) is 11.0 Å². The third kappa shape index (κ3) is 2.27. The highest BCUT2D eigenvalue weighted by Crippen LogP contribution is 2.06. The minimum atomic E-state index is 0.204. The van der Waals surface area contributed by atoms with Gasteiger partial charge in [0.2, 0.25) is 0 Å². The van der Waals surface area contributed by atoms with Crippen molar-refractivity contribution in [1.29, 1.82) is 0 Å². The first-order valence-electron chi connectivity index (χ1n) is 3.32. The number of nitrogens with zero attached hydrogens (tertiary/aromatic N) is 3. The van der Waals surface area contributed by atoms with Crippen LogP contribution in [-0.2, 0) is 0 Å². The van der Waals surface area contributed by atoms with Crippen molar-refractivity contribution in [3.63, 3.8) is 0 Å². The van der Waals surface area contributed by atoms with E-state index >= 15 is 0 Å². The van der Waals surface area contributed by atoms with Crippen LogP contribution in [0.15, 0.2) is 12.7 Å². The molecule has 1 aromatic rings. The standard InChI is InChI=1S/C6H10N4S/c1-5(2-6(7)11)10-4-8-3-9-10/h3-5H,2H2,1H3,(H2,7,11). The van der Waals surface area contributed by atoms with Crippen molar-refractivity contribution in [2.24, 2.45) is 5.73 Å². The van der Waals surface area contributed by atoms with E-state index in [9.17, 15) is 0 Å². The highest BCUT2D eigenvalue weighted by Gasteiger charge is 2.04. The zero-order chi connectivity index (χ0) is 8.27. The van der Waals surface area contributed by atoms with Gasteiger partial charge in [-0.25, -0.2) is 9.67 Å². The molecule has 4 nitrogen and oxygen atoms in total. The molecule has 0 bridgehead atoms. The van der Waals surface area contributed by atoms with E-state index in [1.165, 1.54) is 6.33 Å². The Balaban J connectivity index is 2.56. The molecule has 0 saturated heterocycles. The molecule has 1 heterocycles. The molecule has 0 aliphatic carbocycles. The van der Waals surface area contributed by atoms with Crippen LogP contribution in [0.1, 0.15) is 19.4 Å². The number of rotatable bonds is 3. The van der Waals surface area contributed by atoms with Crippen LogP contribution in [-0.4, -0.2) is 19.8 Å². The lowest BCUT2D eigenvalue weighted by molar-refractivity contribution is 0.506. The molecular formula is C6H10N4S. The highest BCUT2D eigenvalue weighted by molar-refractivity contribution is 7.80. The summed E-state index contributed by atoms with van der Waals surface area (Å²) < 4.78 is 1.74. The Morgan fingerprint density at radius 2 is 2.55 bits per heavy atom. The number of aromatic nitrogens is 3. The zero-order valence-electron chi connectivity index (χ0n) is 6.27. The van der Waals surface area contributed by atoms with Crippen molar-refractivity contribution in [1.82, 2.24) is 14.8 Å². The summed E-state index contributed by atoms with van der Waals surface area (Å²) in [5, 5.41) is 3.96. The molecule has 60 valence electrons. The number of nitrogens with two attached hydrogens (primary N) is 1. The van der Waals surface area contributed by atoms with Gasteiger partial charge < -0.3 is 5.73 Å². The monoisotopic (exact) mass is 170 g/mol. The van der Waals surface area contributed by atoms with Crippen molar-refractivity contribution in [2.45, 2.75) is 19.4 Å². The minimum Gasteiger partial charge on any atom is -0.393 e. The van der Waals surface area contributed by atoms with Crippen LogP contribution in [0.5, 0.6) is 0 Å². The van der Waals surface area contributed by atoms with Crippen LogP contribution in [0.25, 0.3) is 0 Å². The molecule has 0 spiro atoms. The Morgan fingerprint density at radius 3 is 3.00 bits per heavy atom.